The molecule has 38 heavy (non-hydrogen) atoms. The highest BCUT2D eigenvalue weighted by Gasteiger charge is 2.42. The van der Waals surface area contributed by atoms with E-state index in [0.717, 1.165) is 5.56 Å². The summed E-state index contributed by atoms with van der Waals surface area (Å²) in [5.74, 6) is -2.30. The van der Waals surface area contributed by atoms with E-state index in [0.29, 0.717) is 0 Å². The number of rotatable bonds is 12. The number of carbonyl (C=O) groups is 4. The predicted octanol–water partition coefficient (Wildman–Crippen LogP) is 2.71. The lowest BCUT2D eigenvalue weighted by molar-refractivity contribution is -0.141. The molecule has 1 rings (SSSR count). The molecule has 0 unspecified atom stereocenters. The minimum absolute atomic E-state index is 0.0321. The molecule has 1 aromatic rings. The lowest BCUT2D eigenvalue weighted by Crippen LogP contribution is -2.63. The van der Waals surface area contributed by atoms with Gasteiger partial charge in [0.2, 0.25) is 17.7 Å². The molecule has 9 nitrogen and oxygen atoms in total. The molecule has 0 aliphatic rings. The zero-order chi connectivity index (χ0) is 29.4. The SMILES string of the molecule is CNCC(=O)N[C@H](C(=O)N[C@H](C(=O)N(C)[C@H](/C=C(\C)C(=O)O)C(C)C)C(C)(C)C)C(C)(C)c1ccccc1. The Morgan fingerprint density at radius 2 is 1.53 bits per heavy atom. The van der Waals surface area contributed by atoms with Crippen molar-refractivity contribution in [3.8, 4) is 0 Å². The van der Waals surface area contributed by atoms with Crippen LogP contribution in [0.4, 0.5) is 0 Å². The molecule has 0 aliphatic heterocycles. The Labute approximate surface area is 227 Å². The highest BCUT2D eigenvalue weighted by Crippen LogP contribution is 2.29. The lowest BCUT2D eigenvalue weighted by Gasteiger charge is -2.40. The van der Waals surface area contributed by atoms with E-state index in [1.807, 2.05) is 78.8 Å². The van der Waals surface area contributed by atoms with Gasteiger partial charge in [0.1, 0.15) is 12.1 Å². The summed E-state index contributed by atoms with van der Waals surface area (Å²) in [6, 6.07) is 7.02. The number of hydrogen-bond acceptors (Lipinski definition) is 5. The number of carboxylic acids is 1. The van der Waals surface area contributed by atoms with Gasteiger partial charge in [0.05, 0.1) is 12.6 Å². The minimum atomic E-state index is -1.06. The molecule has 0 radical (unpaired) electrons. The topological polar surface area (TPSA) is 128 Å². The number of hydrogen-bond donors (Lipinski definition) is 4. The van der Waals surface area contributed by atoms with E-state index in [2.05, 4.69) is 16.0 Å². The zero-order valence-electron chi connectivity index (χ0n) is 24.5. The van der Waals surface area contributed by atoms with Gasteiger partial charge in [0, 0.05) is 18.0 Å². The van der Waals surface area contributed by atoms with E-state index in [1.54, 1.807) is 20.2 Å². The number of aliphatic carboxylic acids is 1. The fraction of sp³-hybridized carbons (Fsp3) is 0.586. The van der Waals surface area contributed by atoms with Crippen LogP contribution >= 0.6 is 0 Å². The van der Waals surface area contributed by atoms with Gasteiger partial charge in [-0.1, -0.05) is 84.9 Å². The van der Waals surface area contributed by atoms with Crippen LogP contribution in [0.2, 0.25) is 0 Å². The molecule has 0 aromatic heterocycles. The van der Waals surface area contributed by atoms with Gasteiger partial charge in [-0.2, -0.15) is 0 Å². The monoisotopic (exact) mass is 530 g/mol. The number of nitrogens with zero attached hydrogens (tertiary/aromatic N) is 1. The highest BCUT2D eigenvalue weighted by molar-refractivity contribution is 5.94. The third-order valence-corrected chi connectivity index (χ3v) is 6.78. The minimum Gasteiger partial charge on any atom is -0.478 e. The molecule has 4 N–H and O–H groups in total. The van der Waals surface area contributed by atoms with E-state index < -0.39 is 40.8 Å². The second-order valence-corrected chi connectivity index (χ2v) is 11.8. The number of amides is 3. The summed E-state index contributed by atoms with van der Waals surface area (Å²) in [7, 11) is 3.26. The Balaban J connectivity index is 3.44. The van der Waals surface area contributed by atoms with Crippen molar-refractivity contribution < 1.29 is 24.3 Å². The van der Waals surface area contributed by atoms with Crippen molar-refractivity contribution in [2.24, 2.45) is 11.3 Å². The van der Waals surface area contributed by atoms with Crippen LogP contribution in [-0.2, 0) is 24.6 Å². The van der Waals surface area contributed by atoms with E-state index in [-0.39, 0.29) is 29.9 Å². The molecule has 0 fully saturated rings. The molecule has 212 valence electrons. The summed E-state index contributed by atoms with van der Waals surface area (Å²) in [5.41, 5.74) is -0.482. The summed E-state index contributed by atoms with van der Waals surface area (Å²) in [6.45, 7) is 14.6. The third kappa shape index (κ3) is 8.68. The van der Waals surface area contributed by atoms with Crippen LogP contribution in [0, 0.1) is 11.3 Å². The first-order chi connectivity index (χ1) is 17.4. The average Bonchev–Trinajstić information content (AvgIpc) is 2.82. The maximum Gasteiger partial charge on any atom is 0.331 e. The first kappa shape index (κ1) is 32.8. The molecular formula is C29H46N4O5. The smallest absolute Gasteiger partial charge is 0.331 e. The molecule has 3 atom stereocenters. The van der Waals surface area contributed by atoms with Crippen molar-refractivity contribution in [3.63, 3.8) is 0 Å². The molecule has 0 spiro atoms. The molecule has 3 amide bonds. The maximum atomic E-state index is 13.9. The van der Waals surface area contributed by atoms with Gasteiger partial charge in [-0.15, -0.1) is 0 Å². The third-order valence-electron chi connectivity index (χ3n) is 6.78. The molecule has 0 saturated carbocycles. The Kier molecular flexibility index (Phi) is 11.7. The Morgan fingerprint density at radius 3 is 1.97 bits per heavy atom. The van der Waals surface area contributed by atoms with Gasteiger partial charge in [-0.25, -0.2) is 4.79 Å². The quantitative estimate of drug-likeness (QED) is 0.308. The fourth-order valence-electron chi connectivity index (χ4n) is 4.28. The van der Waals surface area contributed by atoms with E-state index in [4.69, 9.17) is 0 Å². The van der Waals surface area contributed by atoms with Gasteiger partial charge < -0.3 is 26.0 Å². The van der Waals surface area contributed by atoms with E-state index >= 15 is 0 Å². The van der Waals surface area contributed by atoms with E-state index in [9.17, 15) is 24.3 Å². The Morgan fingerprint density at radius 1 is 0.974 bits per heavy atom. The lowest BCUT2D eigenvalue weighted by atomic mass is 9.76. The molecule has 0 heterocycles. The van der Waals surface area contributed by atoms with Crippen LogP contribution in [0.15, 0.2) is 42.0 Å². The highest BCUT2D eigenvalue weighted by atomic mass is 16.4. The zero-order valence-corrected chi connectivity index (χ0v) is 24.5. The van der Waals surface area contributed by atoms with Crippen molar-refractivity contribution in [1.29, 1.82) is 0 Å². The number of likely N-dealkylation sites (N-methyl/N-ethyl adjacent to an activating group) is 2. The number of carbonyl (C=O) groups excluding carboxylic acids is 3. The number of nitrogens with one attached hydrogen (secondary N) is 3. The van der Waals surface area contributed by atoms with Gasteiger partial charge >= 0.3 is 5.97 Å². The van der Waals surface area contributed by atoms with Gasteiger partial charge in [0.15, 0.2) is 0 Å². The Bertz CT molecular complexity index is 1010. The van der Waals surface area contributed by atoms with Crippen molar-refractivity contribution in [2.45, 2.75) is 78.9 Å². The Hall–Kier alpha value is -3.20. The van der Waals surface area contributed by atoms with Crippen LogP contribution in [-0.4, -0.2) is 72.5 Å². The normalized spacial score (nSPS) is 14.9. The molecule has 1 aromatic carbocycles. The first-order valence-electron chi connectivity index (χ1n) is 12.9. The summed E-state index contributed by atoms with van der Waals surface area (Å²) < 4.78 is 0. The van der Waals surface area contributed by atoms with Crippen molar-refractivity contribution in [1.82, 2.24) is 20.9 Å². The van der Waals surface area contributed by atoms with Crippen LogP contribution in [0.25, 0.3) is 0 Å². The van der Waals surface area contributed by atoms with E-state index in [1.165, 1.54) is 11.8 Å². The number of carboxylic acid groups (broad SMARTS) is 1. The summed E-state index contributed by atoms with van der Waals surface area (Å²) in [5, 5.41) is 17.9. The van der Waals surface area contributed by atoms with Crippen LogP contribution in [0.5, 0.6) is 0 Å². The largest absolute Gasteiger partial charge is 0.478 e. The average molecular weight is 531 g/mol. The van der Waals surface area contributed by atoms with Gasteiger partial charge in [-0.3, -0.25) is 14.4 Å². The predicted molar refractivity (Wildman–Crippen MR) is 149 cm³/mol. The summed E-state index contributed by atoms with van der Waals surface area (Å²) in [4.78, 5) is 53.2. The van der Waals surface area contributed by atoms with Crippen LogP contribution in [0.3, 0.4) is 0 Å². The maximum absolute atomic E-state index is 13.9. The molecule has 0 aliphatic carbocycles. The van der Waals surface area contributed by atoms with Crippen LogP contribution < -0.4 is 16.0 Å². The first-order valence-corrected chi connectivity index (χ1v) is 12.9. The van der Waals surface area contributed by atoms with Gasteiger partial charge in [0.25, 0.3) is 0 Å². The van der Waals surface area contributed by atoms with Crippen molar-refractivity contribution in [2.75, 3.05) is 20.6 Å². The molecule has 0 bridgehead atoms. The van der Waals surface area contributed by atoms with Gasteiger partial charge in [-0.05, 0) is 30.9 Å². The summed E-state index contributed by atoms with van der Waals surface area (Å²) in [6.07, 6.45) is 1.56. The second kappa shape index (κ2) is 13.6. The van der Waals surface area contributed by atoms with Crippen molar-refractivity contribution >= 4 is 23.7 Å². The molecule has 9 heteroatoms. The molecular weight excluding hydrogens is 484 g/mol. The number of benzene rings is 1. The second-order valence-electron chi connectivity index (χ2n) is 11.8. The van der Waals surface area contributed by atoms with Crippen molar-refractivity contribution in [3.05, 3.63) is 47.5 Å². The standard InChI is InChI=1S/C29H46N4O5/c1-18(2)21(16-19(3)27(37)38)33(10)26(36)24(28(4,5)6)32-25(35)23(31-22(34)17-30-9)29(7,8)20-14-12-11-13-15-20/h11-16,18,21,23-24,30H,17H2,1-10H3,(H,31,34)(H,32,35)(H,37,38)/b19-16+/t21-,23-,24-/m1/s1. The molecule has 0 saturated heterocycles. The fourth-order valence-corrected chi connectivity index (χ4v) is 4.28. The summed E-state index contributed by atoms with van der Waals surface area (Å²) >= 11 is 0. The van der Waals surface area contributed by atoms with Crippen LogP contribution in [0.1, 0.15) is 61.0 Å².